The fraction of sp³-hybridized carbons (Fsp3) is 0.826. The van der Waals surface area contributed by atoms with Gasteiger partial charge in [0.2, 0.25) is 5.95 Å². The van der Waals surface area contributed by atoms with Gasteiger partial charge in [-0.2, -0.15) is 4.98 Å². The average molecular weight is 401 g/mol. The lowest BCUT2D eigenvalue weighted by Crippen LogP contribution is -2.49. The molecule has 2 saturated heterocycles. The third-order valence-corrected chi connectivity index (χ3v) is 7.07. The number of aromatic nitrogens is 2. The minimum absolute atomic E-state index is 0.429. The molecule has 3 fully saturated rings. The van der Waals surface area contributed by atoms with Crippen LogP contribution in [0.3, 0.4) is 0 Å². The van der Waals surface area contributed by atoms with Crippen LogP contribution in [0.5, 0.6) is 0 Å². The second-order valence-corrected chi connectivity index (χ2v) is 9.54. The molecule has 0 aromatic carbocycles. The topological polar surface area (TPSA) is 47.5 Å². The largest absolute Gasteiger partial charge is 0.356 e. The number of rotatable bonds is 6. The van der Waals surface area contributed by atoms with Gasteiger partial charge in [0, 0.05) is 50.5 Å². The molecule has 0 radical (unpaired) electrons. The Kier molecular flexibility index (Phi) is 7.24. The number of hydrogen-bond donors (Lipinski definition) is 1. The van der Waals surface area contributed by atoms with Crippen molar-refractivity contribution in [2.24, 2.45) is 0 Å². The van der Waals surface area contributed by atoms with E-state index in [-0.39, 0.29) is 0 Å². The predicted molar refractivity (Wildman–Crippen MR) is 121 cm³/mol. The summed E-state index contributed by atoms with van der Waals surface area (Å²) in [5.41, 5.74) is 0. The lowest BCUT2D eigenvalue weighted by atomic mass is 9.93. The number of anilines is 2. The number of likely N-dealkylation sites (N-methyl/N-ethyl adjacent to an activating group) is 1. The molecule has 6 heteroatoms. The molecule has 162 valence electrons. The Balaban J connectivity index is 1.45. The first-order valence-electron chi connectivity index (χ1n) is 12.0. The molecule has 0 unspecified atom stereocenters. The van der Waals surface area contributed by atoms with Crippen molar-refractivity contribution in [2.45, 2.75) is 82.3 Å². The molecule has 1 aromatic rings. The zero-order valence-corrected chi connectivity index (χ0v) is 18.5. The molecule has 6 nitrogen and oxygen atoms in total. The van der Waals surface area contributed by atoms with Crippen LogP contribution in [-0.2, 0) is 0 Å². The highest BCUT2D eigenvalue weighted by Crippen LogP contribution is 2.31. The van der Waals surface area contributed by atoms with Gasteiger partial charge < -0.3 is 15.1 Å². The second kappa shape index (κ2) is 10.1. The van der Waals surface area contributed by atoms with Gasteiger partial charge in [0.05, 0.1) is 0 Å². The Morgan fingerprint density at radius 3 is 2.41 bits per heavy atom. The van der Waals surface area contributed by atoms with Gasteiger partial charge in [0.1, 0.15) is 5.82 Å². The van der Waals surface area contributed by atoms with Crippen molar-refractivity contribution < 1.29 is 0 Å². The molecule has 1 N–H and O–H groups in total. The van der Waals surface area contributed by atoms with Crippen LogP contribution < -0.4 is 10.2 Å². The molecule has 1 aromatic heterocycles. The van der Waals surface area contributed by atoms with Crippen LogP contribution in [-0.4, -0.2) is 78.2 Å². The third-order valence-electron chi connectivity index (χ3n) is 7.07. The van der Waals surface area contributed by atoms with Crippen molar-refractivity contribution >= 4 is 11.8 Å². The molecule has 3 aliphatic rings. The molecule has 3 heterocycles. The van der Waals surface area contributed by atoms with Crippen molar-refractivity contribution in [3.8, 4) is 0 Å². The second-order valence-electron chi connectivity index (χ2n) is 9.54. The van der Waals surface area contributed by atoms with E-state index in [1.165, 1.54) is 70.8 Å². The monoisotopic (exact) mass is 400 g/mol. The molecule has 0 bridgehead atoms. The van der Waals surface area contributed by atoms with Gasteiger partial charge in [-0.15, -0.1) is 0 Å². The molecule has 29 heavy (non-hydrogen) atoms. The van der Waals surface area contributed by atoms with E-state index in [1.54, 1.807) is 0 Å². The van der Waals surface area contributed by atoms with Crippen LogP contribution in [0.25, 0.3) is 0 Å². The highest BCUT2D eigenvalue weighted by atomic mass is 15.3. The fourth-order valence-corrected chi connectivity index (χ4v) is 5.58. The predicted octanol–water partition coefficient (Wildman–Crippen LogP) is 3.61. The molecule has 0 amide bonds. The van der Waals surface area contributed by atoms with E-state index in [4.69, 9.17) is 4.98 Å². The molecule has 2 atom stereocenters. The van der Waals surface area contributed by atoms with E-state index < -0.39 is 0 Å². The maximum Gasteiger partial charge on any atom is 0.224 e. The lowest BCUT2D eigenvalue weighted by Gasteiger charge is -2.38. The van der Waals surface area contributed by atoms with E-state index in [2.05, 4.69) is 45.2 Å². The lowest BCUT2D eigenvalue weighted by molar-refractivity contribution is 0.120. The number of likely N-dealkylation sites (tertiary alicyclic amines) is 1. The van der Waals surface area contributed by atoms with Crippen LogP contribution in [0.4, 0.5) is 11.8 Å². The van der Waals surface area contributed by atoms with Gasteiger partial charge in [0.15, 0.2) is 0 Å². The Bertz CT molecular complexity index is 622. The first-order chi connectivity index (χ1) is 14.2. The Hall–Kier alpha value is -1.40. The Morgan fingerprint density at radius 2 is 1.69 bits per heavy atom. The normalized spacial score (nSPS) is 27.3. The summed E-state index contributed by atoms with van der Waals surface area (Å²) in [6.45, 7) is 4.55. The standard InChI is InChI=1S/C23H40N6/c1-27(2)18-21-20(13-17-29(21)19-10-6-5-7-11-19)25-23-24-14-12-22(26-23)28-15-8-3-4-9-16-28/h12,14,19-21H,3-11,13,15-18H2,1-2H3,(H,24,25,26)/t20-,21+/m0/s1. The zero-order valence-electron chi connectivity index (χ0n) is 18.5. The fourth-order valence-electron chi connectivity index (χ4n) is 5.58. The van der Waals surface area contributed by atoms with Crippen LogP contribution in [0.2, 0.25) is 0 Å². The number of nitrogens with one attached hydrogen (secondary N) is 1. The summed E-state index contributed by atoms with van der Waals surface area (Å²) in [7, 11) is 4.40. The number of nitrogens with zero attached hydrogens (tertiary/aromatic N) is 5. The number of hydrogen-bond acceptors (Lipinski definition) is 6. The van der Waals surface area contributed by atoms with Crippen molar-refractivity contribution in [3.05, 3.63) is 12.3 Å². The summed E-state index contributed by atoms with van der Waals surface area (Å²) >= 11 is 0. The SMILES string of the molecule is CN(C)C[C@@H]1[C@@H](Nc2nccc(N3CCCCCC3)n2)CCN1C1CCCCC1. The van der Waals surface area contributed by atoms with Crippen LogP contribution >= 0.6 is 0 Å². The molecular weight excluding hydrogens is 360 g/mol. The summed E-state index contributed by atoms with van der Waals surface area (Å²) in [5, 5.41) is 3.74. The Morgan fingerprint density at radius 1 is 0.966 bits per heavy atom. The molecule has 4 rings (SSSR count). The van der Waals surface area contributed by atoms with Gasteiger partial charge >= 0.3 is 0 Å². The zero-order chi connectivity index (χ0) is 20.1. The van der Waals surface area contributed by atoms with Crippen molar-refractivity contribution in [1.82, 2.24) is 19.8 Å². The first-order valence-corrected chi connectivity index (χ1v) is 12.0. The summed E-state index contributed by atoms with van der Waals surface area (Å²) in [5.74, 6) is 1.90. The highest BCUT2D eigenvalue weighted by molar-refractivity contribution is 5.43. The molecule has 2 aliphatic heterocycles. The quantitative estimate of drug-likeness (QED) is 0.787. The van der Waals surface area contributed by atoms with E-state index in [0.29, 0.717) is 12.1 Å². The summed E-state index contributed by atoms with van der Waals surface area (Å²) in [4.78, 5) is 17.1. The first kappa shape index (κ1) is 20.9. The summed E-state index contributed by atoms with van der Waals surface area (Å²) in [6, 6.07) is 3.82. The van der Waals surface area contributed by atoms with Gasteiger partial charge in [-0.3, -0.25) is 4.90 Å². The van der Waals surface area contributed by atoms with Crippen molar-refractivity contribution in [1.29, 1.82) is 0 Å². The maximum atomic E-state index is 4.92. The molecule has 0 spiro atoms. The van der Waals surface area contributed by atoms with Gasteiger partial charge in [-0.1, -0.05) is 32.1 Å². The van der Waals surface area contributed by atoms with E-state index >= 15 is 0 Å². The maximum absolute atomic E-state index is 4.92. The van der Waals surface area contributed by atoms with Gasteiger partial charge in [-0.05, 0) is 52.3 Å². The highest BCUT2D eigenvalue weighted by Gasteiger charge is 2.38. The van der Waals surface area contributed by atoms with E-state index in [9.17, 15) is 0 Å². The summed E-state index contributed by atoms with van der Waals surface area (Å²) in [6.07, 6.45) is 15.3. The van der Waals surface area contributed by atoms with E-state index in [0.717, 1.165) is 37.4 Å². The summed E-state index contributed by atoms with van der Waals surface area (Å²) < 4.78 is 0. The minimum Gasteiger partial charge on any atom is -0.356 e. The minimum atomic E-state index is 0.429. The van der Waals surface area contributed by atoms with Crippen molar-refractivity contribution in [2.75, 3.05) is 50.5 Å². The van der Waals surface area contributed by atoms with Gasteiger partial charge in [0.25, 0.3) is 0 Å². The van der Waals surface area contributed by atoms with Crippen LogP contribution in [0, 0.1) is 0 Å². The molecule has 1 aliphatic carbocycles. The van der Waals surface area contributed by atoms with Crippen molar-refractivity contribution in [3.63, 3.8) is 0 Å². The molecule has 1 saturated carbocycles. The van der Waals surface area contributed by atoms with Gasteiger partial charge in [-0.25, -0.2) is 4.98 Å². The molecular formula is C23H40N6. The van der Waals surface area contributed by atoms with E-state index in [1.807, 2.05) is 6.20 Å². The van der Waals surface area contributed by atoms with Crippen LogP contribution in [0.1, 0.15) is 64.2 Å². The van der Waals surface area contributed by atoms with Crippen LogP contribution in [0.15, 0.2) is 12.3 Å². The third kappa shape index (κ3) is 5.40. The average Bonchev–Trinajstić information content (AvgIpc) is 2.94. The Labute approximate surface area is 177 Å². The smallest absolute Gasteiger partial charge is 0.224 e.